The number of carbonyl (C=O) groups excluding carboxylic acids is 2. The van der Waals surface area contributed by atoms with Crippen LogP contribution in [0.1, 0.15) is 22.3 Å². The zero-order valence-corrected chi connectivity index (χ0v) is 18.8. The van der Waals surface area contributed by atoms with Crippen LogP contribution in [-0.2, 0) is 18.4 Å². The quantitative estimate of drug-likeness (QED) is 0.517. The van der Waals surface area contributed by atoms with Crippen LogP contribution in [-0.4, -0.2) is 51.1 Å². The van der Waals surface area contributed by atoms with Gasteiger partial charge in [0.2, 0.25) is 5.91 Å². The van der Waals surface area contributed by atoms with Crippen molar-refractivity contribution in [3.63, 3.8) is 0 Å². The highest BCUT2D eigenvalue weighted by atomic mass is 32.2. The predicted molar refractivity (Wildman–Crippen MR) is 127 cm³/mol. The Morgan fingerprint density at radius 1 is 1.12 bits per heavy atom. The molecule has 0 spiro atoms. The minimum atomic E-state index is -0.111. The lowest BCUT2D eigenvalue weighted by Crippen LogP contribution is -2.37. The number of nitrogens with zero attached hydrogens (tertiary/aromatic N) is 3. The van der Waals surface area contributed by atoms with Gasteiger partial charge in [-0.2, -0.15) is 0 Å². The number of amides is 2. The Hall–Kier alpha value is -3.10. The molecule has 0 saturated carbocycles. The van der Waals surface area contributed by atoms with E-state index in [-0.39, 0.29) is 23.6 Å². The van der Waals surface area contributed by atoms with Crippen molar-refractivity contribution in [2.75, 3.05) is 24.2 Å². The van der Waals surface area contributed by atoms with Gasteiger partial charge < -0.3 is 15.2 Å². The van der Waals surface area contributed by atoms with Crippen LogP contribution in [0.4, 0.5) is 5.69 Å². The SMILES string of the molecule is Cn1ccnc1SCC(=O)Nc1ccc(C(=O)NC2CCN(Cc3ccccc3)C2)cc1. The summed E-state index contributed by atoms with van der Waals surface area (Å²) >= 11 is 1.38. The number of thioether (sulfide) groups is 1. The highest BCUT2D eigenvalue weighted by Crippen LogP contribution is 2.17. The Morgan fingerprint density at radius 3 is 2.62 bits per heavy atom. The molecule has 1 aliphatic heterocycles. The van der Waals surface area contributed by atoms with Crippen molar-refractivity contribution in [1.29, 1.82) is 0 Å². The number of carbonyl (C=O) groups is 2. The molecule has 1 atom stereocenters. The maximum atomic E-state index is 12.6. The molecule has 0 radical (unpaired) electrons. The summed E-state index contributed by atoms with van der Waals surface area (Å²) in [5, 5.41) is 6.78. The first-order valence-corrected chi connectivity index (χ1v) is 11.6. The van der Waals surface area contributed by atoms with E-state index >= 15 is 0 Å². The summed E-state index contributed by atoms with van der Waals surface area (Å²) in [5.74, 6) is 0.0771. The molecule has 3 aromatic rings. The average Bonchev–Trinajstić information content (AvgIpc) is 3.41. The number of hydrogen-bond donors (Lipinski definition) is 2. The molecule has 166 valence electrons. The van der Waals surface area contributed by atoms with Gasteiger partial charge in [0.25, 0.3) is 5.91 Å². The van der Waals surface area contributed by atoms with Gasteiger partial charge in [0.15, 0.2) is 5.16 Å². The van der Waals surface area contributed by atoms with Crippen LogP contribution in [0.5, 0.6) is 0 Å². The van der Waals surface area contributed by atoms with Crippen LogP contribution in [0.3, 0.4) is 0 Å². The molecule has 1 fully saturated rings. The highest BCUT2D eigenvalue weighted by Gasteiger charge is 2.24. The molecular weight excluding hydrogens is 422 g/mol. The molecular formula is C24H27N5O2S. The molecule has 1 saturated heterocycles. The third-order valence-corrected chi connectivity index (χ3v) is 6.45. The third-order valence-electron chi connectivity index (χ3n) is 5.40. The minimum absolute atomic E-state index is 0.0835. The fourth-order valence-electron chi connectivity index (χ4n) is 3.73. The number of anilines is 1. The lowest BCUT2D eigenvalue weighted by atomic mass is 10.1. The van der Waals surface area contributed by atoms with E-state index in [1.165, 1.54) is 17.3 Å². The number of imidazole rings is 1. The Bertz CT molecular complexity index is 1050. The van der Waals surface area contributed by atoms with Crippen LogP contribution >= 0.6 is 11.8 Å². The third kappa shape index (κ3) is 5.99. The zero-order chi connectivity index (χ0) is 22.3. The molecule has 0 bridgehead atoms. The fourth-order valence-corrected chi connectivity index (χ4v) is 4.46. The molecule has 0 aliphatic carbocycles. The van der Waals surface area contributed by atoms with Gasteiger partial charge in [-0.3, -0.25) is 14.5 Å². The molecule has 1 unspecified atom stereocenters. The van der Waals surface area contributed by atoms with E-state index in [0.717, 1.165) is 31.2 Å². The number of rotatable bonds is 8. The molecule has 7 nitrogen and oxygen atoms in total. The second-order valence-corrected chi connectivity index (χ2v) is 8.86. The highest BCUT2D eigenvalue weighted by molar-refractivity contribution is 7.99. The minimum Gasteiger partial charge on any atom is -0.348 e. The average molecular weight is 450 g/mol. The summed E-state index contributed by atoms with van der Waals surface area (Å²) in [5.41, 5.74) is 2.55. The summed E-state index contributed by atoms with van der Waals surface area (Å²) in [6.45, 7) is 2.73. The smallest absolute Gasteiger partial charge is 0.251 e. The van der Waals surface area contributed by atoms with Gasteiger partial charge in [-0.1, -0.05) is 42.1 Å². The van der Waals surface area contributed by atoms with Gasteiger partial charge in [-0.15, -0.1) is 0 Å². The van der Waals surface area contributed by atoms with Crippen molar-refractivity contribution in [2.45, 2.75) is 24.2 Å². The molecule has 2 heterocycles. The van der Waals surface area contributed by atoms with Gasteiger partial charge in [-0.05, 0) is 36.2 Å². The van der Waals surface area contributed by atoms with Crippen LogP contribution in [0.25, 0.3) is 0 Å². The molecule has 1 aromatic heterocycles. The van der Waals surface area contributed by atoms with Crippen LogP contribution < -0.4 is 10.6 Å². The van der Waals surface area contributed by atoms with Gasteiger partial charge in [-0.25, -0.2) is 4.98 Å². The van der Waals surface area contributed by atoms with E-state index in [2.05, 4.69) is 44.8 Å². The Balaban J connectivity index is 1.22. The fraction of sp³-hybridized carbons (Fsp3) is 0.292. The number of aromatic nitrogens is 2. The van der Waals surface area contributed by atoms with E-state index in [4.69, 9.17) is 0 Å². The first kappa shape index (κ1) is 22.1. The molecule has 8 heteroatoms. The van der Waals surface area contributed by atoms with Crippen LogP contribution in [0, 0.1) is 0 Å². The second kappa shape index (κ2) is 10.5. The van der Waals surface area contributed by atoms with Crippen molar-refractivity contribution in [3.05, 3.63) is 78.1 Å². The van der Waals surface area contributed by atoms with E-state index in [1.807, 2.05) is 23.9 Å². The summed E-state index contributed by atoms with van der Waals surface area (Å²) < 4.78 is 1.87. The summed E-state index contributed by atoms with van der Waals surface area (Å²) in [4.78, 5) is 31.4. The van der Waals surface area contributed by atoms with Crippen LogP contribution in [0.15, 0.2) is 72.1 Å². The largest absolute Gasteiger partial charge is 0.348 e. The number of likely N-dealkylation sites (tertiary alicyclic amines) is 1. The van der Waals surface area contributed by atoms with Gasteiger partial charge in [0.1, 0.15) is 0 Å². The number of nitrogens with one attached hydrogen (secondary N) is 2. The molecule has 32 heavy (non-hydrogen) atoms. The standard InChI is InChI=1S/C24H27N5O2S/c1-28-14-12-25-24(28)32-17-22(30)26-20-9-7-19(8-10-20)23(31)27-21-11-13-29(16-21)15-18-5-3-2-4-6-18/h2-10,12,14,21H,11,13,15-17H2,1H3,(H,26,30)(H,27,31). The van der Waals surface area contributed by atoms with Crippen molar-refractivity contribution >= 4 is 29.3 Å². The predicted octanol–water partition coefficient (Wildman–Crippen LogP) is 3.16. The first-order valence-electron chi connectivity index (χ1n) is 10.6. The van der Waals surface area contributed by atoms with Crippen molar-refractivity contribution < 1.29 is 9.59 Å². The number of benzene rings is 2. The molecule has 2 N–H and O–H groups in total. The normalized spacial score (nSPS) is 16.1. The Morgan fingerprint density at radius 2 is 1.91 bits per heavy atom. The lowest BCUT2D eigenvalue weighted by molar-refractivity contribution is -0.113. The monoisotopic (exact) mass is 449 g/mol. The van der Waals surface area contributed by atoms with Gasteiger partial charge in [0.05, 0.1) is 5.75 Å². The Kier molecular flexibility index (Phi) is 7.24. The summed E-state index contributed by atoms with van der Waals surface area (Å²) in [6, 6.07) is 17.5. The van der Waals surface area contributed by atoms with E-state index in [0.29, 0.717) is 11.3 Å². The van der Waals surface area contributed by atoms with Crippen LogP contribution in [0.2, 0.25) is 0 Å². The molecule has 1 aliphatic rings. The van der Waals surface area contributed by atoms with E-state index < -0.39 is 0 Å². The number of aryl methyl sites for hydroxylation is 1. The lowest BCUT2D eigenvalue weighted by Gasteiger charge is -2.17. The molecule has 2 aromatic carbocycles. The zero-order valence-electron chi connectivity index (χ0n) is 18.0. The topological polar surface area (TPSA) is 79.3 Å². The van der Waals surface area contributed by atoms with E-state index in [9.17, 15) is 9.59 Å². The van der Waals surface area contributed by atoms with Gasteiger partial charge >= 0.3 is 0 Å². The summed E-state index contributed by atoms with van der Waals surface area (Å²) in [7, 11) is 1.89. The van der Waals surface area contributed by atoms with Crippen molar-refractivity contribution in [3.8, 4) is 0 Å². The van der Waals surface area contributed by atoms with E-state index in [1.54, 1.807) is 30.5 Å². The Labute approximate surface area is 192 Å². The van der Waals surface area contributed by atoms with Crippen molar-refractivity contribution in [1.82, 2.24) is 19.8 Å². The second-order valence-electron chi connectivity index (χ2n) is 7.91. The summed E-state index contributed by atoms with van der Waals surface area (Å²) in [6.07, 6.45) is 4.49. The first-order chi connectivity index (χ1) is 15.6. The molecule has 2 amide bonds. The number of hydrogen-bond acceptors (Lipinski definition) is 5. The van der Waals surface area contributed by atoms with Crippen molar-refractivity contribution in [2.24, 2.45) is 7.05 Å². The molecule has 4 rings (SSSR count). The van der Waals surface area contributed by atoms with Gasteiger partial charge in [0, 0.05) is 56.4 Å². The maximum Gasteiger partial charge on any atom is 0.251 e. The maximum absolute atomic E-state index is 12.6.